The van der Waals surface area contributed by atoms with Crippen molar-refractivity contribution in [3.8, 4) is 11.3 Å². The molecular weight excluding hydrogens is 342 g/mol. The highest BCUT2D eigenvalue weighted by molar-refractivity contribution is 5.96. The maximum absolute atomic E-state index is 12.9. The average molecular weight is 361 g/mol. The van der Waals surface area contributed by atoms with Crippen LogP contribution < -0.4 is 0 Å². The Hall–Kier alpha value is -3.41. The number of benzene rings is 1. The zero-order valence-corrected chi connectivity index (χ0v) is 15.3. The number of nitrogens with zero attached hydrogens (tertiary/aromatic N) is 3. The van der Waals surface area contributed by atoms with E-state index in [1.54, 1.807) is 15.2 Å². The van der Waals surface area contributed by atoms with Gasteiger partial charge < -0.3 is 4.74 Å². The van der Waals surface area contributed by atoms with Gasteiger partial charge in [-0.2, -0.15) is 0 Å². The summed E-state index contributed by atoms with van der Waals surface area (Å²) in [6.45, 7) is 5.51. The molecule has 0 aliphatic rings. The van der Waals surface area contributed by atoms with Crippen molar-refractivity contribution in [1.29, 1.82) is 0 Å². The van der Waals surface area contributed by atoms with Crippen molar-refractivity contribution < 1.29 is 14.3 Å². The maximum Gasteiger partial charge on any atom is 0.419 e. The van der Waals surface area contributed by atoms with Crippen LogP contribution in [0.2, 0.25) is 0 Å². The molecule has 4 aromatic rings. The van der Waals surface area contributed by atoms with Crippen LogP contribution in [0.3, 0.4) is 0 Å². The van der Waals surface area contributed by atoms with Crippen LogP contribution in [0.4, 0.5) is 4.79 Å². The molecule has 4 rings (SSSR count). The smallest absolute Gasteiger partial charge is 0.419 e. The van der Waals surface area contributed by atoms with E-state index in [-0.39, 0.29) is 0 Å². The molecule has 0 amide bonds. The Morgan fingerprint density at radius 3 is 2.67 bits per heavy atom. The molecule has 6 heteroatoms. The first kappa shape index (κ1) is 17.0. The predicted octanol–water partition coefficient (Wildman–Crippen LogP) is 4.55. The minimum atomic E-state index is -0.612. The van der Waals surface area contributed by atoms with Gasteiger partial charge in [-0.05, 0) is 45.0 Å². The van der Waals surface area contributed by atoms with E-state index in [9.17, 15) is 9.59 Å². The van der Waals surface area contributed by atoms with Gasteiger partial charge in [0.25, 0.3) is 0 Å². The number of carbonyl (C=O) groups is 2. The summed E-state index contributed by atoms with van der Waals surface area (Å²) in [5.74, 6) is 0. The molecule has 1 aromatic carbocycles. The third-order valence-corrected chi connectivity index (χ3v) is 4.24. The molecule has 0 aliphatic carbocycles. The first-order chi connectivity index (χ1) is 12.9. The minimum Gasteiger partial charge on any atom is -0.443 e. The van der Waals surface area contributed by atoms with Gasteiger partial charge in [-0.3, -0.25) is 9.20 Å². The van der Waals surface area contributed by atoms with E-state index < -0.39 is 11.7 Å². The van der Waals surface area contributed by atoms with Gasteiger partial charge in [0.2, 0.25) is 0 Å². The molecule has 0 fully saturated rings. The summed E-state index contributed by atoms with van der Waals surface area (Å²) in [5.41, 5.74) is 2.75. The summed E-state index contributed by atoms with van der Waals surface area (Å²) >= 11 is 0. The van der Waals surface area contributed by atoms with Gasteiger partial charge in [0.05, 0.1) is 17.4 Å². The minimum absolute atomic E-state index is 0.444. The van der Waals surface area contributed by atoms with Crippen LogP contribution in [-0.4, -0.2) is 31.9 Å². The molecule has 0 saturated carbocycles. The summed E-state index contributed by atoms with van der Waals surface area (Å²) in [6.07, 6.45) is 3.64. The molecule has 0 N–H and O–H groups in total. The first-order valence-electron chi connectivity index (χ1n) is 8.64. The van der Waals surface area contributed by atoms with Crippen molar-refractivity contribution in [1.82, 2.24) is 14.0 Å². The average Bonchev–Trinajstić information content (AvgIpc) is 3.20. The van der Waals surface area contributed by atoms with Crippen molar-refractivity contribution in [3.63, 3.8) is 0 Å². The highest BCUT2D eigenvalue weighted by Crippen LogP contribution is 2.29. The molecule has 3 aromatic heterocycles. The number of fused-ring (bicyclic) bond motifs is 2. The topological polar surface area (TPSA) is 65.6 Å². The number of carbonyl (C=O) groups excluding carboxylic acids is 2. The monoisotopic (exact) mass is 361 g/mol. The van der Waals surface area contributed by atoms with E-state index in [0.29, 0.717) is 17.0 Å². The van der Waals surface area contributed by atoms with Crippen molar-refractivity contribution in [2.24, 2.45) is 0 Å². The van der Waals surface area contributed by atoms with E-state index in [2.05, 4.69) is 4.98 Å². The fraction of sp³-hybridized carbons (Fsp3) is 0.190. The zero-order chi connectivity index (χ0) is 19.2. The second-order valence-electron chi connectivity index (χ2n) is 7.35. The molecule has 3 heterocycles. The van der Waals surface area contributed by atoms with Crippen LogP contribution in [0.1, 0.15) is 31.3 Å². The van der Waals surface area contributed by atoms with Crippen LogP contribution in [0.25, 0.3) is 27.8 Å². The third kappa shape index (κ3) is 2.99. The number of aldehydes is 1. The SMILES string of the molecule is CC(C)(C)OC(=O)n1c(-c2ccc3ncc(C=O)n3c2)cc2ccccc21. The van der Waals surface area contributed by atoms with Gasteiger partial charge in [0.15, 0.2) is 6.29 Å². The summed E-state index contributed by atoms with van der Waals surface area (Å²) in [7, 11) is 0. The molecule has 0 unspecified atom stereocenters. The van der Waals surface area contributed by atoms with Crippen LogP contribution in [0.5, 0.6) is 0 Å². The lowest BCUT2D eigenvalue weighted by molar-refractivity contribution is 0.0547. The van der Waals surface area contributed by atoms with Gasteiger partial charge in [0, 0.05) is 17.1 Å². The lowest BCUT2D eigenvalue weighted by Crippen LogP contribution is -2.27. The van der Waals surface area contributed by atoms with Crippen LogP contribution in [0.15, 0.2) is 54.9 Å². The number of para-hydroxylation sites is 1. The number of aromatic nitrogens is 3. The summed E-state index contributed by atoms with van der Waals surface area (Å²) in [5, 5.41) is 0.930. The fourth-order valence-electron chi connectivity index (χ4n) is 3.11. The molecule has 136 valence electrons. The van der Waals surface area contributed by atoms with Crippen molar-refractivity contribution in [3.05, 3.63) is 60.6 Å². The van der Waals surface area contributed by atoms with Crippen molar-refractivity contribution in [2.75, 3.05) is 0 Å². The van der Waals surface area contributed by atoms with E-state index in [4.69, 9.17) is 4.74 Å². The Balaban J connectivity index is 1.95. The molecule has 0 bridgehead atoms. The Kier molecular flexibility index (Phi) is 3.84. The van der Waals surface area contributed by atoms with Crippen molar-refractivity contribution in [2.45, 2.75) is 26.4 Å². The molecule has 0 aliphatic heterocycles. The quantitative estimate of drug-likeness (QED) is 0.491. The van der Waals surface area contributed by atoms with Gasteiger partial charge >= 0.3 is 6.09 Å². The fourth-order valence-corrected chi connectivity index (χ4v) is 3.11. The Bertz CT molecular complexity index is 1180. The van der Waals surface area contributed by atoms with Gasteiger partial charge in [0.1, 0.15) is 16.9 Å². The van der Waals surface area contributed by atoms with Crippen LogP contribution >= 0.6 is 0 Å². The Morgan fingerprint density at radius 2 is 1.93 bits per heavy atom. The first-order valence-corrected chi connectivity index (χ1v) is 8.64. The standard InChI is InChI=1S/C21H19N3O3/c1-21(2,3)27-20(26)24-17-7-5-4-6-14(17)10-18(24)15-8-9-19-22-11-16(13-25)23(19)12-15/h4-13H,1-3H3. The second-order valence-corrected chi connectivity index (χ2v) is 7.35. The lowest BCUT2D eigenvalue weighted by atomic mass is 10.2. The van der Waals surface area contributed by atoms with E-state index >= 15 is 0 Å². The van der Waals surface area contributed by atoms with Crippen LogP contribution in [0, 0.1) is 0 Å². The van der Waals surface area contributed by atoms with Gasteiger partial charge in [-0.1, -0.05) is 18.2 Å². The predicted molar refractivity (Wildman–Crippen MR) is 103 cm³/mol. The molecule has 0 spiro atoms. The van der Waals surface area contributed by atoms with Crippen LogP contribution in [-0.2, 0) is 4.74 Å². The molecule has 0 radical (unpaired) electrons. The highest BCUT2D eigenvalue weighted by Gasteiger charge is 2.23. The normalized spacial score (nSPS) is 11.8. The van der Waals surface area contributed by atoms with E-state index in [0.717, 1.165) is 22.8 Å². The van der Waals surface area contributed by atoms with Crippen molar-refractivity contribution >= 4 is 28.9 Å². The third-order valence-electron chi connectivity index (χ3n) is 4.24. The number of ether oxygens (including phenoxy) is 1. The van der Waals surface area contributed by atoms with Gasteiger partial charge in [-0.25, -0.2) is 14.3 Å². The largest absolute Gasteiger partial charge is 0.443 e. The summed E-state index contributed by atoms with van der Waals surface area (Å²) < 4.78 is 8.89. The number of rotatable bonds is 2. The lowest BCUT2D eigenvalue weighted by Gasteiger charge is -2.21. The van der Waals surface area contributed by atoms with Gasteiger partial charge in [-0.15, -0.1) is 0 Å². The summed E-state index contributed by atoms with van der Waals surface area (Å²) in [4.78, 5) is 28.4. The Morgan fingerprint density at radius 1 is 1.15 bits per heavy atom. The molecule has 6 nitrogen and oxygen atoms in total. The zero-order valence-electron chi connectivity index (χ0n) is 15.3. The molecular formula is C21H19N3O3. The Labute approximate surface area is 156 Å². The highest BCUT2D eigenvalue weighted by atomic mass is 16.6. The molecule has 0 saturated heterocycles. The number of pyridine rings is 1. The number of hydrogen-bond acceptors (Lipinski definition) is 4. The summed E-state index contributed by atoms with van der Waals surface area (Å²) in [6, 6.07) is 13.3. The second kappa shape index (κ2) is 6.09. The number of hydrogen-bond donors (Lipinski definition) is 0. The maximum atomic E-state index is 12.9. The van der Waals surface area contributed by atoms with E-state index in [1.807, 2.05) is 63.2 Å². The van der Waals surface area contributed by atoms with E-state index in [1.165, 1.54) is 6.20 Å². The molecule has 0 atom stereocenters. The number of imidazole rings is 1. The molecule has 27 heavy (non-hydrogen) atoms.